The number of halogens is 1. The highest BCUT2D eigenvalue weighted by atomic mass is 127. The molecule has 0 unspecified atom stereocenters. The van der Waals surface area contributed by atoms with Crippen LogP contribution in [0, 0.1) is 0 Å². The summed E-state index contributed by atoms with van der Waals surface area (Å²) in [4.78, 5) is 8.75. The number of hydrogen-bond acceptors (Lipinski definition) is 4. The van der Waals surface area contributed by atoms with E-state index in [1.165, 1.54) is 5.56 Å². The van der Waals surface area contributed by atoms with Crippen LogP contribution in [0.15, 0.2) is 39.8 Å². The van der Waals surface area contributed by atoms with Crippen LogP contribution in [-0.4, -0.2) is 36.2 Å². The molecule has 1 heterocycles. The highest BCUT2D eigenvalue weighted by Gasteiger charge is 2.28. The molecule has 0 radical (unpaired) electrons. The van der Waals surface area contributed by atoms with Crippen LogP contribution in [0.2, 0.25) is 0 Å². The standard InChI is InChI=1S/C21H33N5O.HI/c1-6-21(7-2,17-11-9-8-10-12-17)15-24-20(22-5)23-14-13-18-25-19(16(3)4)26-27-18;/h8-12,16H,6-7,13-15H2,1-5H3,(H2,22,23,24);1H. The van der Waals surface area contributed by atoms with E-state index in [0.29, 0.717) is 18.9 Å². The van der Waals surface area contributed by atoms with Gasteiger partial charge < -0.3 is 15.2 Å². The number of aliphatic imine (C=N–C) groups is 1. The van der Waals surface area contributed by atoms with Crippen molar-refractivity contribution < 1.29 is 4.52 Å². The average Bonchev–Trinajstić information content (AvgIpc) is 3.18. The zero-order valence-corrected chi connectivity index (χ0v) is 20.0. The van der Waals surface area contributed by atoms with Crippen LogP contribution in [0.5, 0.6) is 0 Å². The van der Waals surface area contributed by atoms with Crippen molar-refractivity contribution in [2.45, 2.75) is 58.3 Å². The molecule has 28 heavy (non-hydrogen) atoms. The minimum atomic E-state index is 0. The Hall–Kier alpha value is -1.64. The first-order valence-electron chi connectivity index (χ1n) is 9.87. The quantitative estimate of drug-likeness (QED) is 0.306. The third kappa shape index (κ3) is 6.46. The lowest BCUT2D eigenvalue weighted by Gasteiger charge is -2.33. The van der Waals surface area contributed by atoms with E-state index in [0.717, 1.165) is 31.2 Å². The molecule has 156 valence electrons. The summed E-state index contributed by atoms with van der Waals surface area (Å²) in [7, 11) is 1.79. The lowest BCUT2D eigenvalue weighted by molar-refractivity contribution is 0.370. The van der Waals surface area contributed by atoms with Crippen molar-refractivity contribution in [2.75, 3.05) is 20.1 Å². The monoisotopic (exact) mass is 499 g/mol. The summed E-state index contributed by atoms with van der Waals surface area (Å²) in [5.74, 6) is 2.48. The predicted molar refractivity (Wildman–Crippen MR) is 126 cm³/mol. The molecule has 0 fully saturated rings. The second kappa shape index (κ2) is 12.0. The minimum absolute atomic E-state index is 0. The van der Waals surface area contributed by atoms with Crippen LogP contribution in [0.3, 0.4) is 0 Å². The van der Waals surface area contributed by atoms with Gasteiger partial charge in [0, 0.05) is 37.9 Å². The number of nitrogens with zero attached hydrogens (tertiary/aromatic N) is 3. The van der Waals surface area contributed by atoms with Crippen molar-refractivity contribution in [3.63, 3.8) is 0 Å². The van der Waals surface area contributed by atoms with Gasteiger partial charge >= 0.3 is 0 Å². The average molecular weight is 499 g/mol. The van der Waals surface area contributed by atoms with E-state index < -0.39 is 0 Å². The van der Waals surface area contributed by atoms with Gasteiger partial charge in [-0.25, -0.2) is 0 Å². The van der Waals surface area contributed by atoms with Gasteiger partial charge in [-0.3, -0.25) is 4.99 Å². The van der Waals surface area contributed by atoms with E-state index in [-0.39, 0.29) is 35.3 Å². The molecule has 0 amide bonds. The van der Waals surface area contributed by atoms with Gasteiger partial charge in [-0.15, -0.1) is 24.0 Å². The highest BCUT2D eigenvalue weighted by molar-refractivity contribution is 14.0. The summed E-state index contributed by atoms with van der Waals surface area (Å²) in [6.45, 7) is 10.1. The fourth-order valence-corrected chi connectivity index (χ4v) is 3.17. The molecule has 0 saturated heterocycles. The number of benzene rings is 1. The SMILES string of the molecule is CCC(CC)(CNC(=NC)NCCc1nc(C(C)C)no1)c1ccccc1.I. The molecule has 0 saturated carbocycles. The lowest BCUT2D eigenvalue weighted by Crippen LogP contribution is -2.45. The van der Waals surface area contributed by atoms with E-state index in [4.69, 9.17) is 4.52 Å². The fraction of sp³-hybridized carbons (Fsp3) is 0.571. The van der Waals surface area contributed by atoms with Crippen LogP contribution in [0.25, 0.3) is 0 Å². The largest absolute Gasteiger partial charge is 0.356 e. The topological polar surface area (TPSA) is 75.3 Å². The molecule has 0 aliphatic rings. The van der Waals surface area contributed by atoms with Gasteiger partial charge in [0.05, 0.1) is 0 Å². The highest BCUT2D eigenvalue weighted by Crippen LogP contribution is 2.30. The van der Waals surface area contributed by atoms with Gasteiger partial charge in [0.1, 0.15) is 0 Å². The number of aromatic nitrogens is 2. The van der Waals surface area contributed by atoms with E-state index >= 15 is 0 Å². The van der Waals surface area contributed by atoms with Gasteiger partial charge in [-0.05, 0) is 18.4 Å². The van der Waals surface area contributed by atoms with Gasteiger partial charge in [0.15, 0.2) is 11.8 Å². The van der Waals surface area contributed by atoms with Gasteiger partial charge in [-0.1, -0.05) is 63.2 Å². The number of nitrogens with one attached hydrogen (secondary N) is 2. The lowest BCUT2D eigenvalue weighted by atomic mass is 9.76. The molecule has 0 bridgehead atoms. The molecule has 1 aromatic heterocycles. The fourth-order valence-electron chi connectivity index (χ4n) is 3.17. The van der Waals surface area contributed by atoms with Crippen LogP contribution >= 0.6 is 24.0 Å². The zero-order chi connectivity index (χ0) is 19.7. The first-order chi connectivity index (χ1) is 13.0. The van der Waals surface area contributed by atoms with E-state index in [2.05, 4.69) is 83.8 Å². The smallest absolute Gasteiger partial charge is 0.228 e. The van der Waals surface area contributed by atoms with Crippen LogP contribution < -0.4 is 10.6 Å². The summed E-state index contributed by atoms with van der Waals surface area (Å²) in [6, 6.07) is 10.7. The van der Waals surface area contributed by atoms with Crippen molar-refractivity contribution >= 4 is 29.9 Å². The third-order valence-corrected chi connectivity index (χ3v) is 5.19. The van der Waals surface area contributed by atoms with Gasteiger partial charge in [-0.2, -0.15) is 4.98 Å². The number of hydrogen-bond donors (Lipinski definition) is 2. The maximum Gasteiger partial charge on any atom is 0.228 e. The molecular weight excluding hydrogens is 465 g/mol. The van der Waals surface area contributed by atoms with Crippen molar-refractivity contribution in [3.8, 4) is 0 Å². The molecule has 0 aliphatic heterocycles. The minimum Gasteiger partial charge on any atom is -0.356 e. The van der Waals surface area contributed by atoms with E-state index in [1.54, 1.807) is 7.05 Å². The second-order valence-corrected chi connectivity index (χ2v) is 7.16. The molecular formula is C21H34IN5O. The Bertz CT molecular complexity index is 711. The third-order valence-electron chi connectivity index (χ3n) is 5.19. The first-order valence-corrected chi connectivity index (χ1v) is 9.87. The van der Waals surface area contributed by atoms with Crippen molar-refractivity contribution in [1.29, 1.82) is 0 Å². The Labute approximate surface area is 186 Å². The number of guanidine groups is 1. The molecule has 0 spiro atoms. The van der Waals surface area contributed by atoms with Crippen LogP contribution in [0.1, 0.15) is 63.7 Å². The molecule has 7 heteroatoms. The number of rotatable bonds is 9. The van der Waals surface area contributed by atoms with Crippen molar-refractivity contribution in [3.05, 3.63) is 47.6 Å². The van der Waals surface area contributed by atoms with Crippen LogP contribution in [0.4, 0.5) is 0 Å². The predicted octanol–water partition coefficient (Wildman–Crippen LogP) is 4.28. The first kappa shape index (κ1) is 24.4. The zero-order valence-electron chi connectivity index (χ0n) is 17.7. The molecule has 2 N–H and O–H groups in total. The van der Waals surface area contributed by atoms with Gasteiger partial charge in [0.2, 0.25) is 5.89 Å². The summed E-state index contributed by atoms with van der Waals surface area (Å²) < 4.78 is 5.29. The summed E-state index contributed by atoms with van der Waals surface area (Å²) in [6.07, 6.45) is 2.81. The van der Waals surface area contributed by atoms with Crippen molar-refractivity contribution in [2.24, 2.45) is 4.99 Å². The van der Waals surface area contributed by atoms with E-state index in [1.807, 2.05) is 0 Å². The molecule has 1 aromatic carbocycles. The summed E-state index contributed by atoms with van der Waals surface area (Å²) in [5.41, 5.74) is 1.46. The molecule has 2 rings (SSSR count). The Morgan fingerprint density at radius 3 is 2.36 bits per heavy atom. The molecule has 0 aliphatic carbocycles. The summed E-state index contributed by atoms with van der Waals surface area (Å²) >= 11 is 0. The normalized spacial score (nSPS) is 12.0. The molecule has 6 nitrogen and oxygen atoms in total. The van der Waals surface area contributed by atoms with Crippen molar-refractivity contribution in [1.82, 2.24) is 20.8 Å². The maximum absolute atomic E-state index is 5.29. The molecule has 0 atom stereocenters. The Balaban J connectivity index is 0.00000392. The van der Waals surface area contributed by atoms with E-state index in [9.17, 15) is 0 Å². The Kier molecular flexibility index (Phi) is 10.5. The van der Waals surface area contributed by atoms with Gasteiger partial charge in [0.25, 0.3) is 0 Å². The Morgan fingerprint density at radius 2 is 1.82 bits per heavy atom. The van der Waals surface area contributed by atoms with Crippen LogP contribution in [-0.2, 0) is 11.8 Å². The Morgan fingerprint density at radius 1 is 1.14 bits per heavy atom. The summed E-state index contributed by atoms with van der Waals surface area (Å²) in [5, 5.41) is 10.8. The molecule has 2 aromatic rings. The second-order valence-electron chi connectivity index (χ2n) is 7.16. The maximum atomic E-state index is 5.29.